The summed E-state index contributed by atoms with van der Waals surface area (Å²) in [5.41, 5.74) is 0.644. The van der Waals surface area contributed by atoms with Crippen LogP contribution in [0.25, 0.3) is 0 Å². The topological polar surface area (TPSA) is 84.4 Å². The number of hydrogen-bond donors (Lipinski definition) is 1. The zero-order chi connectivity index (χ0) is 18.5. The van der Waals surface area contributed by atoms with Gasteiger partial charge in [0.25, 0.3) is 5.91 Å². The number of halogens is 1. The molecule has 1 atom stereocenters. The third-order valence-electron chi connectivity index (χ3n) is 4.13. The summed E-state index contributed by atoms with van der Waals surface area (Å²) < 4.78 is 4.92. The minimum atomic E-state index is -0.306. The summed E-state index contributed by atoms with van der Waals surface area (Å²) in [6, 6.07) is 6.86. The fraction of sp³-hybridized carbons (Fsp3) is 0.412. The number of likely N-dealkylation sites (tertiary alicyclic amines) is 1. The van der Waals surface area contributed by atoms with Gasteiger partial charge in [-0.25, -0.2) is 0 Å². The van der Waals surface area contributed by atoms with E-state index in [1.807, 2.05) is 0 Å². The van der Waals surface area contributed by atoms with Crippen molar-refractivity contribution in [3.05, 3.63) is 39.3 Å². The van der Waals surface area contributed by atoms with Crippen LogP contribution < -0.4 is 5.32 Å². The molecule has 0 spiro atoms. The molecule has 0 unspecified atom stereocenters. The second kappa shape index (κ2) is 8.57. The number of anilines is 1. The van der Waals surface area contributed by atoms with Gasteiger partial charge in [0.15, 0.2) is 0 Å². The second-order valence-corrected chi connectivity index (χ2v) is 7.46. The number of methoxy groups -OCH3 is 1. The molecular formula is C17H19ClN4O3S. The SMILES string of the molecule is COCC(=O)N1CCC[C@H](c2nnc(C(=O)Nc3ccc(Cl)cc3)s2)C1. The van der Waals surface area contributed by atoms with E-state index in [0.29, 0.717) is 22.3 Å². The van der Waals surface area contributed by atoms with Gasteiger partial charge in [-0.3, -0.25) is 9.59 Å². The first-order valence-corrected chi connectivity index (χ1v) is 9.43. The molecule has 2 amide bonds. The number of carbonyl (C=O) groups is 2. The molecule has 1 aromatic carbocycles. The lowest BCUT2D eigenvalue weighted by Crippen LogP contribution is -2.40. The van der Waals surface area contributed by atoms with Crippen LogP contribution in [0.4, 0.5) is 5.69 Å². The number of amides is 2. The van der Waals surface area contributed by atoms with Crippen molar-refractivity contribution in [3.63, 3.8) is 0 Å². The molecule has 0 bridgehead atoms. The minimum Gasteiger partial charge on any atom is -0.375 e. The summed E-state index contributed by atoms with van der Waals surface area (Å²) in [5, 5.41) is 12.6. The predicted molar refractivity (Wildman–Crippen MR) is 99.7 cm³/mol. The summed E-state index contributed by atoms with van der Waals surface area (Å²) >= 11 is 7.11. The molecular weight excluding hydrogens is 376 g/mol. The fourth-order valence-electron chi connectivity index (χ4n) is 2.83. The zero-order valence-electron chi connectivity index (χ0n) is 14.3. The molecule has 0 saturated carbocycles. The van der Waals surface area contributed by atoms with Crippen molar-refractivity contribution in [2.45, 2.75) is 18.8 Å². The smallest absolute Gasteiger partial charge is 0.286 e. The van der Waals surface area contributed by atoms with E-state index in [0.717, 1.165) is 24.4 Å². The lowest BCUT2D eigenvalue weighted by Gasteiger charge is -2.31. The van der Waals surface area contributed by atoms with E-state index in [2.05, 4.69) is 15.5 Å². The molecule has 1 fully saturated rings. The third-order valence-corrected chi connectivity index (χ3v) is 5.46. The van der Waals surface area contributed by atoms with Crippen LogP contribution in [0.15, 0.2) is 24.3 Å². The minimum absolute atomic E-state index is 0.0255. The monoisotopic (exact) mass is 394 g/mol. The molecule has 7 nitrogen and oxygen atoms in total. The highest BCUT2D eigenvalue weighted by Gasteiger charge is 2.27. The first kappa shape index (κ1) is 18.8. The van der Waals surface area contributed by atoms with Gasteiger partial charge in [-0.15, -0.1) is 10.2 Å². The van der Waals surface area contributed by atoms with Gasteiger partial charge in [0.1, 0.15) is 11.6 Å². The summed E-state index contributed by atoms with van der Waals surface area (Å²) in [7, 11) is 1.51. The van der Waals surface area contributed by atoms with Crippen molar-refractivity contribution < 1.29 is 14.3 Å². The Morgan fingerprint density at radius 2 is 2.12 bits per heavy atom. The van der Waals surface area contributed by atoms with Gasteiger partial charge in [-0.2, -0.15) is 0 Å². The third kappa shape index (κ3) is 4.57. The van der Waals surface area contributed by atoms with E-state index in [4.69, 9.17) is 16.3 Å². The van der Waals surface area contributed by atoms with Crippen molar-refractivity contribution in [1.29, 1.82) is 0 Å². The van der Waals surface area contributed by atoms with Gasteiger partial charge >= 0.3 is 0 Å². The molecule has 1 saturated heterocycles. The summed E-state index contributed by atoms with van der Waals surface area (Å²) in [4.78, 5) is 26.1. The predicted octanol–water partition coefficient (Wildman–Crippen LogP) is 2.80. The first-order valence-electron chi connectivity index (χ1n) is 8.24. The maximum Gasteiger partial charge on any atom is 0.286 e. The number of ether oxygens (including phenoxy) is 1. The molecule has 2 aromatic rings. The van der Waals surface area contributed by atoms with E-state index in [1.165, 1.54) is 18.4 Å². The normalized spacial score (nSPS) is 17.2. The number of benzene rings is 1. The van der Waals surface area contributed by atoms with Gasteiger partial charge in [-0.1, -0.05) is 22.9 Å². The number of piperidine rings is 1. The molecule has 2 heterocycles. The zero-order valence-corrected chi connectivity index (χ0v) is 15.8. The highest BCUT2D eigenvalue weighted by atomic mass is 35.5. The molecule has 1 N–H and O–H groups in total. The fourth-order valence-corrected chi connectivity index (χ4v) is 3.82. The Labute approximate surface area is 160 Å². The van der Waals surface area contributed by atoms with Crippen LogP contribution in [0.5, 0.6) is 0 Å². The van der Waals surface area contributed by atoms with Crippen molar-refractivity contribution >= 4 is 40.4 Å². The molecule has 1 aromatic heterocycles. The van der Waals surface area contributed by atoms with Crippen LogP contribution in [-0.2, 0) is 9.53 Å². The number of carbonyl (C=O) groups excluding carboxylic acids is 2. The maximum absolute atomic E-state index is 12.3. The lowest BCUT2D eigenvalue weighted by atomic mass is 9.99. The van der Waals surface area contributed by atoms with Gasteiger partial charge < -0.3 is 15.0 Å². The highest BCUT2D eigenvalue weighted by Crippen LogP contribution is 2.29. The van der Waals surface area contributed by atoms with Crippen LogP contribution >= 0.6 is 22.9 Å². The van der Waals surface area contributed by atoms with E-state index in [9.17, 15) is 9.59 Å². The van der Waals surface area contributed by atoms with E-state index in [-0.39, 0.29) is 24.3 Å². The highest BCUT2D eigenvalue weighted by molar-refractivity contribution is 7.13. The Morgan fingerprint density at radius 1 is 1.35 bits per heavy atom. The summed E-state index contributed by atoms with van der Waals surface area (Å²) in [6.45, 7) is 1.38. The second-order valence-electron chi connectivity index (χ2n) is 6.02. The molecule has 26 heavy (non-hydrogen) atoms. The average molecular weight is 395 g/mol. The Balaban J connectivity index is 1.64. The Hall–Kier alpha value is -2.03. The average Bonchev–Trinajstić information content (AvgIpc) is 3.14. The first-order chi connectivity index (χ1) is 12.6. The van der Waals surface area contributed by atoms with E-state index >= 15 is 0 Å². The van der Waals surface area contributed by atoms with Crippen molar-refractivity contribution in [1.82, 2.24) is 15.1 Å². The quantitative estimate of drug-likeness (QED) is 0.842. The molecule has 138 valence electrons. The molecule has 1 aliphatic heterocycles. The Morgan fingerprint density at radius 3 is 2.85 bits per heavy atom. The van der Waals surface area contributed by atoms with Crippen molar-refractivity contribution in [3.8, 4) is 0 Å². The molecule has 0 aliphatic carbocycles. The van der Waals surface area contributed by atoms with Crippen LogP contribution in [0.3, 0.4) is 0 Å². The maximum atomic E-state index is 12.3. The van der Waals surface area contributed by atoms with Gasteiger partial charge in [0.2, 0.25) is 10.9 Å². The van der Waals surface area contributed by atoms with Gasteiger partial charge in [-0.05, 0) is 37.1 Å². The van der Waals surface area contributed by atoms with Gasteiger partial charge in [0.05, 0.1) is 0 Å². The number of hydrogen-bond acceptors (Lipinski definition) is 6. The molecule has 0 radical (unpaired) electrons. The number of nitrogens with one attached hydrogen (secondary N) is 1. The van der Waals surface area contributed by atoms with Crippen LogP contribution in [-0.4, -0.2) is 53.7 Å². The van der Waals surface area contributed by atoms with E-state index in [1.54, 1.807) is 29.2 Å². The Kier molecular flexibility index (Phi) is 6.18. The molecule has 1 aliphatic rings. The molecule has 9 heteroatoms. The number of rotatable bonds is 5. The van der Waals surface area contributed by atoms with Gasteiger partial charge in [0, 0.05) is 36.8 Å². The van der Waals surface area contributed by atoms with Crippen molar-refractivity contribution in [2.24, 2.45) is 0 Å². The van der Waals surface area contributed by atoms with Crippen LogP contribution in [0, 0.1) is 0 Å². The lowest BCUT2D eigenvalue weighted by molar-refractivity contribution is -0.136. The number of aromatic nitrogens is 2. The summed E-state index contributed by atoms with van der Waals surface area (Å²) in [6.07, 6.45) is 1.82. The van der Waals surface area contributed by atoms with E-state index < -0.39 is 0 Å². The number of nitrogens with zero attached hydrogens (tertiary/aromatic N) is 3. The van der Waals surface area contributed by atoms with Crippen LogP contribution in [0.2, 0.25) is 5.02 Å². The molecule has 3 rings (SSSR count). The standard InChI is InChI=1S/C17H19ClN4O3S/c1-25-10-14(23)22-8-2-3-11(9-22)16-20-21-17(26-16)15(24)19-13-6-4-12(18)5-7-13/h4-7,11H,2-3,8-10H2,1H3,(H,19,24)/t11-/m0/s1. The van der Waals surface area contributed by atoms with Crippen LogP contribution in [0.1, 0.15) is 33.6 Å². The Bertz CT molecular complexity index is 781. The largest absolute Gasteiger partial charge is 0.375 e. The summed E-state index contributed by atoms with van der Waals surface area (Å²) in [5.74, 6) is -0.235. The van der Waals surface area contributed by atoms with Crippen molar-refractivity contribution in [2.75, 3.05) is 32.1 Å².